The van der Waals surface area contributed by atoms with Crippen molar-refractivity contribution >= 4 is 11.9 Å². The Morgan fingerprint density at radius 2 is 1.71 bits per heavy atom. The van der Waals surface area contributed by atoms with Crippen molar-refractivity contribution in [3.8, 4) is 0 Å². The zero-order chi connectivity index (χ0) is 11.0. The van der Waals surface area contributed by atoms with Crippen molar-refractivity contribution in [1.29, 1.82) is 0 Å². The molecule has 0 aliphatic rings. The summed E-state index contributed by atoms with van der Waals surface area (Å²) in [7, 11) is 0. The van der Waals surface area contributed by atoms with Gasteiger partial charge in [-0.1, -0.05) is 0 Å². The van der Waals surface area contributed by atoms with Crippen molar-refractivity contribution in [2.24, 2.45) is 0 Å². The molecule has 1 unspecified atom stereocenters. The molecule has 0 aromatic rings. The first-order chi connectivity index (χ1) is 6.56. The third-order valence-corrected chi connectivity index (χ3v) is 1.32. The van der Waals surface area contributed by atoms with Crippen LogP contribution < -0.4 is 0 Å². The smallest absolute Gasteiger partial charge is 0.306 e. The predicted molar refractivity (Wildman–Crippen MR) is 48.5 cm³/mol. The summed E-state index contributed by atoms with van der Waals surface area (Å²) >= 11 is 0. The maximum Gasteiger partial charge on any atom is 0.306 e. The predicted octanol–water partition coefficient (Wildman–Crippen LogP) is 0.254. The summed E-state index contributed by atoms with van der Waals surface area (Å²) in [6, 6.07) is 0. The number of rotatable bonds is 6. The Morgan fingerprint density at radius 1 is 1.21 bits per heavy atom. The molecule has 0 spiro atoms. The van der Waals surface area contributed by atoms with Gasteiger partial charge in [-0.15, -0.1) is 0 Å². The molecule has 1 atom stereocenters. The van der Waals surface area contributed by atoms with Crippen molar-refractivity contribution in [2.45, 2.75) is 32.8 Å². The number of hydrogen-bond acceptors (Lipinski definition) is 5. The first-order valence-electron chi connectivity index (χ1n) is 4.55. The second-order valence-corrected chi connectivity index (χ2v) is 2.84. The van der Waals surface area contributed by atoms with E-state index in [4.69, 9.17) is 5.11 Å². The molecule has 0 bridgehead atoms. The highest BCUT2D eigenvalue weighted by molar-refractivity contribution is 5.77. The minimum absolute atomic E-state index is 0.00838. The molecule has 0 saturated heterocycles. The zero-order valence-corrected chi connectivity index (χ0v) is 8.49. The van der Waals surface area contributed by atoms with Crippen LogP contribution in [0.2, 0.25) is 0 Å². The van der Waals surface area contributed by atoms with E-state index in [1.54, 1.807) is 6.92 Å². The van der Waals surface area contributed by atoms with Gasteiger partial charge in [0.2, 0.25) is 0 Å². The summed E-state index contributed by atoms with van der Waals surface area (Å²) in [5.74, 6) is -0.916. The molecule has 0 saturated carbocycles. The van der Waals surface area contributed by atoms with Gasteiger partial charge in [0.1, 0.15) is 6.61 Å². The monoisotopic (exact) mass is 204 g/mol. The maximum absolute atomic E-state index is 10.9. The van der Waals surface area contributed by atoms with Crippen LogP contribution in [0.15, 0.2) is 0 Å². The fourth-order valence-corrected chi connectivity index (χ4v) is 0.723. The van der Waals surface area contributed by atoms with Gasteiger partial charge in [0.25, 0.3) is 0 Å². The van der Waals surface area contributed by atoms with Gasteiger partial charge in [-0.3, -0.25) is 9.59 Å². The standard InChI is InChI=1S/C9H16O5/c1-3-13-8(11)4-5-9(12)14-6-7(2)10/h7,10H,3-6H2,1-2H3. The molecule has 0 radical (unpaired) electrons. The second kappa shape index (κ2) is 7.32. The Labute approximate surface area is 83.0 Å². The first-order valence-corrected chi connectivity index (χ1v) is 4.55. The maximum atomic E-state index is 10.9. The van der Waals surface area contributed by atoms with Gasteiger partial charge in [-0.05, 0) is 13.8 Å². The molecule has 0 aromatic carbocycles. The van der Waals surface area contributed by atoms with Gasteiger partial charge in [0, 0.05) is 0 Å². The van der Waals surface area contributed by atoms with E-state index in [1.165, 1.54) is 6.92 Å². The summed E-state index contributed by atoms with van der Waals surface area (Å²) in [4.78, 5) is 21.7. The molecule has 0 aliphatic carbocycles. The number of carbonyl (C=O) groups excluding carboxylic acids is 2. The Kier molecular flexibility index (Phi) is 6.74. The van der Waals surface area contributed by atoms with Crippen molar-refractivity contribution < 1.29 is 24.2 Å². The first kappa shape index (κ1) is 12.9. The van der Waals surface area contributed by atoms with Crippen LogP contribution in [0.25, 0.3) is 0 Å². The third kappa shape index (κ3) is 7.54. The Bertz CT molecular complexity index is 188. The summed E-state index contributed by atoms with van der Waals surface area (Å²) in [6.45, 7) is 3.48. The lowest BCUT2D eigenvalue weighted by Crippen LogP contribution is -2.16. The van der Waals surface area contributed by atoms with Crippen LogP contribution in [0, 0.1) is 0 Å². The molecule has 1 N–H and O–H groups in total. The molecule has 0 heterocycles. The molecule has 0 rings (SSSR count). The lowest BCUT2D eigenvalue weighted by atomic mass is 10.3. The lowest BCUT2D eigenvalue weighted by Gasteiger charge is -2.06. The number of aliphatic hydroxyl groups is 1. The number of aliphatic hydroxyl groups excluding tert-OH is 1. The zero-order valence-electron chi connectivity index (χ0n) is 8.49. The molecule has 0 amide bonds. The summed E-state index contributed by atoms with van der Waals surface area (Å²) < 4.78 is 9.26. The van der Waals surface area contributed by atoms with E-state index in [9.17, 15) is 9.59 Å². The molecule has 14 heavy (non-hydrogen) atoms. The quantitative estimate of drug-likeness (QED) is 0.628. The van der Waals surface area contributed by atoms with Gasteiger partial charge in [0.15, 0.2) is 0 Å². The normalized spacial score (nSPS) is 11.9. The fourth-order valence-electron chi connectivity index (χ4n) is 0.723. The molecule has 0 fully saturated rings. The minimum atomic E-state index is -0.679. The highest BCUT2D eigenvalue weighted by atomic mass is 16.5. The van der Waals surface area contributed by atoms with E-state index in [0.29, 0.717) is 6.61 Å². The van der Waals surface area contributed by atoms with E-state index < -0.39 is 18.0 Å². The highest BCUT2D eigenvalue weighted by Crippen LogP contribution is 1.96. The van der Waals surface area contributed by atoms with Crippen molar-refractivity contribution in [2.75, 3.05) is 13.2 Å². The van der Waals surface area contributed by atoms with E-state index in [2.05, 4.69) is 9.47 Å². The number of esters is 2. The van der Waals surface area contributed by atoms with E-state index >= 15 is 0 Å². The van der Waals surface area contributed by atoms with Crippen LogP contribution in [0.4, 0.5) is 0 Å². The van der Waals surface area contributed by atoms with Gasteiger partial charge in [0.05, 0.1) is 25.6 Å². The number of carbonyl (C=O) groups is 2. The van der Waals surface area contributed by atoms with Gasteiger partial charge >= 0.3 is 11.9 Å². The molecule has 5 nitrogen and oxygen atoms in total. The molecule has 82 valence electrons. The van der Waals surface area contributed by atoms with Gasteiger partial charge in [-0.25, -0.2) is 0 Å². The van der Waals surface area contributed by atoms with Crippen LogP contribution in [0.5, 0.6) is 0 Å². The minimum Gasteiger partial charge on any atom is -0.466 e. The van der Waals surface area contributed by atoms with E-state index in [-0.39, 0.29) is 19.4 Å². The van der Waals surface area contributed by atoms with Crippen molar-refractivity contribution in [1.82, 2.24) is 0 Å². The summed E-state index contributed by atoms with van der Waals surface area (Å²) in [6.07, 6.45) is -0.667. The summed E-state index contributed by atoms with van der Waals surface area (Å²) in [5.41, 5.74) is 0. The van der Waals surface area contributed by atoms with Crippen LogP contribution in [0.1, 0.15) is 26.7 Å². The Hall–Kier alpha value is -1.10. The largest absolute Gasteiger partial charge is 0.466 e. The molecule has 5 heteroatoms. The average molecular weight is 204 g/mol. The molecule has 0 aromatic heterocycles. The average Bonchev–Trinajstić information content (AvgIpc) is 2.12. The van der Waals surface area contributed by atoms with Gasteiger partial charge < -0.3 is 14.6 Å². The van der Waals surface area contributed by atoms with Crippen LogP contribution in [0.3, 0.4) is 0 Å². The topological polar surface area (TPSA) is 72.8 Å². The SMILES string of the molecule is CCOC(=O)CCC(=O)OCC(C)O. The van der Waals surface area contributed by atoms with Crippen LogP contribution in [-0.4, -0.2) is 36.4 Å². The summed E-state index contributed by atoms with van der Waals surface area (Å²) in [5, 5.41) is 8.79. The molecule has 0 aliphatic heterocycles. The third-order valence-electron chi connectivity index (χ3n) is 1.32. The Balaban J connectivity index is 3.48. The second-order valence-electron chi connectivity index (χ2n) is 2.84. The van der Waals surface area contributed by atoms with Crippen molar-refractivity contribution in [3.63, 3.8) is 0 Å². The van der Waals surface area contributed by atoms with E-state index in [0.717, 1.165) is 0 Å². The van der Waals surface area contributed by atoms with Crippen LogP contribution in [-0.2, 0) is 19.1 Å². The van der Waals surface area contributed by atoms with E-state index in [1.807, 2.05) is 0 Å². The number of ether oxygens (including phenoxy) is 2. The highest BCUT2D eigenvalue weighted by Gasteiger charge is 2.09. The molecular formula is C9H16O5. The van der Waals surface area contributed by atoms with Crippen LogP contribution >= 0.6 is 0 Å². The van der Waals surface area contributed by atoms with Gasteiger partial charge in [-0.2, -0.15) is 0 Å². The number of hydrogen-bond donors (Lipinski definition) is 1. The lowest BCUT2D eigenvalue weighted by molar-refractivity contribution is -0.151. The Morgan fingerprint density at radius 3 is 2.14 bits per heavy atom. The fraction of sp³-hybridized carbons (Fsp3) is 0.778. The van der Waals surface area contributed by atoms with Crippen molar-refractivity contribution in [3.05, 3.63) is 0 Å². The molecular weight excluding hydrogens is 188 g/mol.